The Morgan fingerprint density at radius 3 is 2.55 bits per heavy atom. The van der Waals surface area contributed by atoms with Crippen molar-refractivity contribution in [1.82, 2.24) is 24.3 Å². The van der Waals surface area contributed by atoms with E-state index in [4.69, 9.17) is 10.1 Å². The van der Waals surface area contributed by atoms with Gasteiger partial charge in [0.05, 0.1) is 12.0 Å². The van der Waals surface area contributed by atoms with Gasteiger partial charge in [-0.25, -0.2) is 14.6 Å². The van der Waals surface area contributed by atoms with Crippen LogP contribution in [-0.4, -0.2) is 38.4 Å². The van der Waals surface area contributed by atoms with E-state index in [-0.39, 0.29) is 0 Å². The Balaban J connectivity index is 1.37. The van der Waals surface area contributed by atoms with Crippen molar-refractivity contribution >= 4 is 17.8 Å². The summed E-state index contributed by atoms with van der Waals surface area (Å²) >= 11 is 0. The van der Waals surface area contributed by atoms with E-state index in [1.807, 2.05) is 25.5 Å². The van der Waals surface area contributed by atoms with Crippen molar-refractivity contribution in [2.75, 3.05) is 19.0 Å². The lowest BCUT2D eigenvalue weighted by atomic mass is 9.91. The van der Waals surface area contributed by atoms with E-state index < -0.39 is 0 Å². The van der Waals surface area contributed by atoms with Crippen molar-refractivity contribution in [3.8, 4) is 5.69 Å². The number of anilines is 1. The maximum Gasteiger partial charge on any atom is 0.174 e. The summed E-state index contributed by atoms with van der Waals surface area (Å²) in [7, 11) is 4.14. The van der Waals surface area contributed by atoms with Crippen LogP contribution in [0.25, 0.3) is 17.8 Å². The zero-order valence-electron chi connectivity index (χ0n) is 19.7. The van der Waals surface area contributed by atoms with E-state index in [1.54, 1.807) is 0 Å². The summed E-state index contributed by atoms with van der Waals surface area (Å²) in [5.41, 5.74) is 7.02. The summed E-state index contributed by atoms with van der Waals surface area (Å²) in [5, 5.41) is 4.78. The van der Waals surface area contributed by atoms with Gasteiger partial charge in [0.2, 0.25) is 0 Å². The molecule has 0 radical (unpaired) electrons. The second-order valence-electron chi connectivity index (χ2n) is 9.03. The average molecular weight is 439 g/mol. The maximum atomic E-state index is 4.91. The molecule has 0 spiro atoms. The molecule has 5 rings (SSSR count). The lowest BCUT2D eigenvalue weighted by molar-refractivity contribution is 0.445. The van der Waals surface area contributed by atoms with Gasteiger partial charge >= 0.3 is 0 Å². The summed E-state index contributed by atoms with van der Waals surface area (Å²) in [6.45, 7) is 5.06. The van der Waals surface area contributed by atoms with Crippen LogP contribution in [0.4, 0.5) is 5.69 Å². The first-order valence-corrected chi connectivity index (χ1v) is 11.5. The molecule has 0 aliphatic carbocycles. The minimum absolute atomic E-state index is 0.296. The zero-order chi connectivity index (χ0) is 22.9. The van der Waals surface area contributed by atoms with Crippen LogP contribution >= 0.6 is 0 Å². The number of nitrogens with zero attached hydrogens (tertiary/aromatic N) is 6. The fraction of sp³-hybridized carbons (Fsp3) is 0.296. The van der Waals surface area contributed by atoms with E-state index in [0.717, 1.165) is 48.0 Å². The minimum atomic E-state index is 0.296. The molecule has 33 heavy (non-hydrogen) atoms. The normalized spacial score (nSPS) is 15.7. The number of aryl methyl sites for hydroxylation is 3. The Kier molecular flexibility index (Phi) is 5.58. The number of hydrogen-bond acceptors (Lipinski definition) is 4. The highest BCUT2D eigenvalue weighted by Crippen LogP contribution is 2.33. The van der Waals surface area contributed by atoms with Crippen molar-refractivity contribution in [3.63, 3.8) is 0 Å². The van der Waals surface area contributed by atoms with E-state index in [1.165, 1.54) is 16.8 Å². The fourth-order valence-corrected chi connectivity index (χ4v) is 4.56. The molecule has 0 saturated heterocycles. The molecule has 0 N–H and O–H groups in total. The Bertz CT molecular complexity index is 1290. The van der Waals surface area contributed by atoms with Gasteiger partial charge in [-0.2, -0.15) is 5.10 Å². The van der Waals surface area contributed by atoms with Crippen molar-refractivity contribution in [1.29, 1.82) is 0 Å². The second kappa shape index (κ2) is 8.70. The molecule has 1 aliphatic rings. The van der Waals surface area contributed by atoms with Crippen LogP contribution in [0.15, 0.2) is 55.0 Å². The summed E-state index contributed by atoms with van der Waals surface area (Å²) in [6, 6.07) is 15.3. The SMILES string of the molecule is Cc1cn(-c2ccc(/C=C/c3nc4n(n3)CCCC4c3ccc(N(C)C)cc3)cc2C)cn1. The Morgan fingerprint density at radius 1 is 1.03 bits per heavy atom. The third kappa shape index (κ3) is 4.33. The van der Waals surface area contributed by atoms with E-state index in [9.17, 15) is 0 Å². The standard InChI is InChI=1S/C27H30N6/c1-19-16-21(7-13-25(19)32-17-20(2)28-18-32)8-14-26-29-27-24(6-5-15-33(27)30-26)22-9-11-23(12-10-22)31(3)4/h7-14,16-18,24H,5-6,15H2,1-4H3/b14-8+. The van der Waals surface area contributed by atoms with Gasteiger partial charge in [0, 0.05) is 44.1 Å². The third-order valence-corrected chi connectivity index (χ3v) is 6.34. The first-order valence-electron chi connectivity index (χ1n) is 11.5. The predicted octanol–water partition coefficient (Wildman–Crippen LogP) is 5.24. The number of benzene rings is 2. The molecule has 2 aromatic heterocycles. The minimum Gasteiger partial charge on any atom is -0.378 e. The number of fused-ring (bicyclic) bond motifs is 1. The largest absolute Gasteiger partial charge is 0.378 e. The maximum absolute atomic E-state index is 4.91. The van der Waals surface area contributed by atoms with Gasteiger partial charge in [0.15, 0.2) is 5.82 Å². The molecular weight excluding hydrogens is 408 g/mol. The van der Waals surface area contributed by atoms with Crippen LogP contribution in [0.3, 0.4) is 0 Å². The molecule has 0 fully saturated rings. The van der Waals surface area contributed by atoms with Crippen LogP contribution in [0.2, 0.25) is 0 Å². The van der Waals surface area contributed by atoms with Gasteiger partial charge in [-0.1, -0.05) is 24.3 Å². The molecular formula is C27H30N6. The number of imidazole rings is 1. The molecule has 168 valence electrons. The topological polar surface area (TPSA) is 51.8 Å². The van der Waals surface area contributed by atoms with Gasteiger partial charge in [0.25, 0.3) is 0 Å². The zero-order valence-corrected chi connectivity index (χ0v) is 19.7. The van der Waals surface area contributed by atoms with Crippen molar-refractivity contribution in [3.05, 3.63) is 89.0 Å². The smallest absolute Gasteiger partial charge is 0.174 e. The molecule has 1 unspecified atom stereocenters. The van der Waals surface area contributed by atoms with Gasteiger partial charge < -0.3 is 9.47 Å². The second-order valence-corrected chi connectivity index (χ2v) is 9.03. The first-order chi connectivity index (χ1) is 16.0. The van der Waals surface area contributed by atoms with E-state index >= 15 is 0 Å². The average Bonchev–Trinajstić information content (AvgIpc) is 3.43. The molecule has 6 heteroatoms. The number of rotatable bonds is 5. The number of aromatic nitrogens is 5. The highest BCUT2D eigenvalue weighted by Gasteiger charge is 2.25. The van der Waals surface area contributed by atoms with Gasteiger partial charge in [-0.3, -0.25) is 0 Å². The highest BCUT2D eigenvalue weighted by atomic mass is 15.4. The summed E-state index contributed by atoms with van der Waals surface area (Å²) < 4.78 is 4.15. The van der Waals surface area contributed by atoms with E-state index in [0.29, 0.717) is 5.92 Å². The molecule has 3 heterocycles. The van der Waals surface area contributed by atoms with Crippen LogP contribution < -0.4 is 4.90 Å². The fourth-order valence-electron chi connectivity index (χ4n) is 4.56. The first kappa shape index (κ1) is 21.2. The molecule has 2 aromatic carbocycles. The summed E-state index contributed by atoms with van der Waals surface area (Å²) in [6.07, 6.45) is 10.2. The Morgan fingerprint density at radius 2 is 1.85 bits per heavy atom. The van der Waals surface area contributed by atoms with Gasteiger partial charge in [0.1, 0.15) is 5.82 Å². The van der Waals surface area contributed by atoms with E-state index in [2.05, 4.69) is 88.7 Å². The molecule has 4 aromatic rings. The summed E-state index contributed by atoms with van der Waals surface area (Å²) in [4.78, 5) is 11.4. The molecule has 0 bridgehead atoms. The van der Waals surface area contributed by atoms with Crippen LogP contribution in [0.1, 0.15) is 52.8 Å². The Labute approximate surface area is 195 Å². The van der Waals surface area contributed by atoms with Gasteiger partial charge in [-0.05, 0) is 73.7 Å². The number of hydrogen-bond donors (Lipinski definition) is 0. The molecule has 1 aliphatic heterocycles. The van der Waals surface area contributed by atoms with Crippen LogP contribution in [0, 0.1) is 13.8 Å². The molecule has 0 saturated carbocycles. The summed E-state index contributed by atoms with van der Waals surface area (Å²) in [5.74, 6) is 2.14. The lowest BCUT2D eigenvalue weighted by Gasteiger charge is -2.23. The lowest BCUT2D eigenvalue weighted by Crippen LogP contribution is -2.18. The molecule has 0 amide bonds. The van der Waals surface area contributed by atoms with Crippen molar-refractivity contribution in [2.45, 2.75) is 39.2 Å². The highest BCUT2D eigenvalue weighted by molar-refractivity contribution is 5.68. The van der Waals surface area contributed by atoms with Crippen molar-refractivity contribution in [2.24, 2.45) is 0 Å². The van der Waals surface area contributed by atoms with Crippen molar-refractivity contribution < 1.29 is 0 Å². The van der Waals surface area contributed by atoms with Crippen LogP contribution in [0.5, 0.6) is 0 Å². The molecule has 1 atom stereocenters. The predicted molar refractivity (Wildman–Crippen MR) is 134 cm³/mol. The quantitative estimate of drug-likeness (QED) is 0.427. The molecule has 6 nitrogen and oxygen atoms in total. The third-order valence-electron chi connectivity index (χ3n) is 6.34. The Hall–Kier alpha value is -3.67. The van der Waals surface area contributed by atoms with Gasteiger partial charge in [-0.15, -0.1) is 0 Å². The van der Waals surface area contributed by atoms with Crippen LogP contribution in [-0.2, 0) is 6.54 Å². The monoisotopic (exact) mass is 438 g/mol.